The molecule has 0 saturated heterocycles. The first kappa shape index (κ1) is 12.6. The van der Waals surface area contributed by atoms with Gasteiger partial charge in [0, 0.05) is 18.1 Å². The number of hydrogen-bond acceptors (Lipinski definition) is 3. The van der Waals surface area contributed by atoms with Crippen LogP contribution in [0.3, 0.4) is 0 Å². The first-order valence-electron chi connectivity index (χ1n) is 3.35. The minimum Gasteiger partial charge on any atom is -0.397 e. The van der Waals surface area contributed by atoms with Crippen molar-refractivity contribution in [1.29, 1.82) is 0 Å². The van der Waals surface area contributed by atoms with E-state index in [4.69, 9.17) is 5.11 Å². The summed E-state index contributed by atoms with van der Waals surface area (Å²) in [4.78, 5) is 0. The standard InChI is InChI=1S/C4H10O2S.C2H6O/c1-3-7(5,6)4-2;1-2-3/h3-4H2,1-2H3;3H,2H2,1H3. The molecule has 0 radical (unpaired) electrons. The van der Waals surface area contributed by atoms with Crippen molar-refractivity contribution in [2.75, 3.05) is 18.1 Å². The van der Waals surface area contributed by atoms with Gasteiger partial charge in [0.25, 0.3) is 0 Å². The molecule has 0 saturated carbocycles. The molecule has 64 valence electrons. The molecule has 0 unspecified atom stereocenters. The van der Waals surface area contributed by atoms with Crippen LogP contribution in [0.5, 0.6) is 0 Å². The average Bonchev–Trinajstić information content (AvgIpc) is 1.90. The van der Waals surface area contributed by atoms with Crippen LogP contribution in [0.2, 0.25) is 0 Å². The Hall–Kier alpha value is -0.0900. The van der Waals surface area contributed by atoms with Gasteiger partial charge in [-0.1, -0.05) is 13.8 Å². The van der Waals surface area contributed by atoms with Gasteiger partial charge in [-0.15, -0.1) is 0 Å². The van der Waals surface area contributed by atoms with Crippen LogP contribution in [-0.4, -0.2) is 31.6 Å². The summed E-state index contributed by atoms with van der Waals surface area (Å²) in [6, 6.07) is 0. The fourth-order valence-corrected chi connectivity index (χ4v) is 0.612. The summed E-state index contributed by atoms with van der Waals surface area (Å²) in [5.74, 6) is 0.535. The fourth-order valence-electron chi connectivity index (χ4n) is 0.204. The Bertz CT molecular complexity index is 127. The Morgan fingerprint density at radius 3 is 1.30 bits per heavy atom. The van der Waals surface area contributed by atoms with Crippen molar-refractivity contribution < 1.29 is 13.5 Å². The van der Waals surface area contributed by atoms with Gasteiger partial charge in [-0.3, -0.25) is 0 Å². The second-order valence-corrected chi connectivity index (χ2v) is 4.28. The summed E-state index contributed by atoms with van der Waals surface area (Å²) in [5.41, 5.74) is 0. The molecule has 0 rings (SSSR count). The van der Waals surface area contributed by atoms with Gasteiger partial charge in [0.2, 0.25) is 0 Å². The van der Waals surface area contributed by atoms with Crippen molar-refractivity contribution in [3.63, 3.8) is 0 Å². The molecule has 4 heteroatoms. The van der Waals surface area contributed by atoms with Gasteiger partial charge >= 0.3 is 0 Å². The molecule has 3 nitrogen and oxygen atoms in total. The molecule has 0 aromatic heterocycles. The molecule has 1 N–H and O–H groups in total. The van der Waals surface area contributed by atoms with E-state index in [1.165, 1.54) is 0 Å². The number of aliphatic hydroxyl groups is 1. The van der Waals surface area contributed by atoms with E-state index in [-0.39, 0.29) is 18.1 Å². The minimum atomic E-state index is -2.66. The van der Waals surface area contributed by atoms with Gasteiger partial charge in [0.1, 0.15) is 9.84 Å². The molecule has 0 aliphatic carbocycles. The Balaban J connectivity index is 0. The highest BCUT2D eigenvalue weighted by Gasteiger charge is 1.99. The molecular formula is C6H16O3S. The van der Waals surface area contributed by atoms with Crippen molar-refractivity contribution in [2.45, 2.75) is 20.8 Å². The third-order valence-electron chi connectivity index (χ3n) is 0.880. The van der Waals surface area contributed by atoms with E-state index in [0.717, 1.165) is 0 Å². The highest BCUT2D eigenvalue weighted by atomic mass is 32.2. The highest BCUT2D eigenvalue weighted by Crippen LogP contribution is 1.84. The monoisotopic (exact) mass is 168 g/mol. The zero-order valence-corrected chi connectivity index (χ0v) is 7.61. The quantitative estimate of drug-likeness (QED) is 0.651. The third-order valence-corrected chi connectivity index (χ3v) is 2.64. The van der Waals surface area contributed by atoms with Crippen LogP contribution >= 0.6 is 0 Å². The van der Waals surface area contributed by atoms with Crippen molar-refractivity contribution in [1.82, 2.24) is 0 Å². The van der Waals surface area contributed by atoms with Gasteiger partial charge in [0.05, 0.1) is 0 Å². The summed E-state index contributed by atoms with van der Waals surface area (Å²) in [5, 5.41) is 7.57. The van der Waals surface area contributed by atoms with Crippen LogP contribution in [0.15, 0.2) is 0 Å². The zero-order valence-electron chi connectivity index (χ0n) is 6.79. The summed E-state index contributed by atoms with van der Waals surface area (Å²) < 4.78 is 20.7. The summed E-state index contributed by atoms with van der Waals surface area (Å²) in [6.45, 7) is 5.23. The van der Waals surface area contributed by atoms with Crippen LogP contribution < -0.4 is 0 Å². The Morgan fingerprint density at radius 1 is 1.10 bits per heavy atom. The lowest BCUT2D eigenvalue weighted by molar-refractivity contribution is 0.318. The van der Waals surface area contributed by atoms with E-state index in [2.05, 4.69) is 0 Å². The normalized spacial score (nSPS) is 10.0. The van der Waals surface area contributed by atoms with E-state index in [1.807, 2.05) is 0 Å². The lowest BCUT2D eigenvalue weighted by atomic mass is 10.9. The Kier molecular flexibility index (Phi) is 8.83. The molecule has 0 atom stereocenters. The first-order valence-corrected chi connectivity index (χ1v) is 5.17. The predicted molar refractivity (Wildman–Crippen MR) is 42.8 cm³/mol. The first-order chi connectivity index (χ1) is 4.54. The third kappa shape index (κ3) is 10.8. The Morgan fingerprint density at radius 2 is 1.30 bits per heavy atom. The lowest BCUT2D eigenvalue weighted by Gasteiger charge is -1.89. The van der Waals surface area contributed by atoms with Crippen molar-refractivity contribution in [2.24, 2.45) is 0 Å². The van der Waals surface area contributed by atoms with Gasteiger partial charge in [-0.05, 0) is 6.92 Å². The van der Waals surface area contributed by atoms with E-state index in [0.29, 0.717) is 0 Å². The van der Waals surface area contributed by atoms with Crippen LogP contribution in [0.4, 0.5) is 0 Å². The lowest BCUT2D eigenvalue weighted by Crippen LogP contribution is -2.04. The van der Waals surface area contributed by atoms with Crippen LogP contribution in [0, 0.1) is 0 Å². The molecule has 0 aromatic rings. The number of hydrogen-bond donors (Lipinski definition) is 1. The van der Waals surface area contributed by atoms with E-state index in [9.17, 15) is 8.42 Å². The fraction of sp³-hybridized carbons (Fsp3) is 1.00. The largest absolute Gasteiger partial charge is 0.397 e. The van der Waals surface area contributed by atoms with Gasteiger partial charge in [-0.25, -0.2) is 8.42 Å². The average molecular weight is 168 g/mol. The number of sulfone groups is 1. The number of aliphatic hydroxyl groups excluding tert-OH is 1. The topological polar surface area (TPSA) is 54.4 Å². The van der Waals surface area contributed by atoms with Crippen LogP contribution in [0.1, 0.15) is 20.8 Å². The summed E-state index contributed by atoms with van der Waals surface area (Å²) in [7, 11) is -2.66. The van der Waals surface area contributed by atoms with Crippen LogP contribution in [0.25, 0.3) is 0 Å². The molecule has 0 amide bonds. The number of rotatable bonds is 2. The SMILES string of the molecule is CCO.CCS(=O)(=O)CC. The maximum Gasteiger partial charge on any atom is 0.149 e. The highest BCUT2D eigenvalue weighted by molar-refractivity contribution is 7.91. The van der Waals surface area contributed by atoms with Crippen molar-refractivity contribution in [3.8, 4) is 0 Å². The molecule has 0 spiro atoms. The molecule has 0 aliphatic rings. The molecule has 0 fully saturated rings. The molecule has 0 heterocycles. The molecule has 10 heavy (non-hydrogen) atoms. The van der Waals surface area contributed by atoms with E-state index < -0.39 is 9.84 Å². The molecule has 0 bridgehead atoms. The Labute approximate surface area is 63.0 Å². The second kappa shape index (κ2) is 7.02. The minimum absolute atomic E-state index is 0.250. The maximum atomic E-state index is 10.4. The molecular weight excluding hydrogens is 152 g/mol. The smallest absolute Gasteiger partial charge is 0.149 e. The van der Waals surface area contributed by atoms with Crippen molar-refractivity contribution >= 4 is 9.84 Å². The molecule has 0 aromatic carbocycles. The summed E-state index contributed by atoms with van der Waals surface area (Å²) >= 11 is 0. The second-order valence-electron chi connectivity index (χ2n) is 1.64. The summed E-state index contributed by atoms with van der Waals surface area (Å²) in [6.07, 6.45) is 0. The maximum absolute atomic E-state index is 10.4. The van der Waals surface area contributed by atoms with Gasteiger partial charge in [0.15, 0.2) is 0 Å². The van der Waals surface area contributed by atoms with Gasteiger partial charge in [-0.2, -0.15) is 0 Å². The van der Waals surface area contributed by atoms with Crippen molar-refractivity contribution in [3.05, 3.63) is 0 Å². The zero-order chi connectivity index (χ0) is 8.62. The van der Waals surface area contributed by atoms with E-state index in [1.54, 1.807) is 20.8 Å². The van der Waals surface area contributed by atoms with Gasteiger partial charge < -0.3 is 5.11 Å². The van der Waals surface area contributed by atoms with E-state index >= 15 is 0 Å². The predicted octanol–water partition coefficient (Wildman–Crippen LogP) is 0.440. The van der Waals surface area contributed by atoms with Crippen LogP contribution in [-0.2, 0) is 9.84 Å². The molecule has 0 aliphatic heterocycles.